The maximum Gasteiger partial charge on any atom is 0.244 e. The zero-order valence-corrected chi connectivity index (χ0v) is 11.2. The molecule has 6 nitrogen and oxygen atoms in total. The van der Waals surface area contributed by atoms with E-state index in [1.54, 1.807) is 12.3 Å². The van der Waals surface area contributed by atoms with Crippen LogP contribution in [0.2, 0.25) is 0 Å². The highest BCUT2D eigenvalue weighted by Crippen LogP contribution is 2.18. The summed E-state index contributed by atoms with van der Waals surface area (Å²) in [5.41, 5.74) is 0.730. The minimum Gasteiger partial charge on any atom is -0.384 e. The van der Waals surface area contributed by atoms with Gasteiger partial charge in [-0.3, -0.25) is 4.98 Å². The maximum absolute atomic E-state index is 12.4. The molecule has 1 fully saturated rings. The lowest BCUT2D eigenvalue weighted by atomic mass is 10.4. The minimum absolute atomic E-state index is 0.253. The van der Waals surface area contributed by atoms with Gasteiger partial charge in [0.15, 0.2) is 0 Å². The summed E-state index contributed by atoms with van der Waals surface area (Å²) in [5.74, 6) is 0. The summed E-state index contributed by atoms with van der Waals surface area (Å²) in [6.07, 6.45) is 3.03. The third-order valence-corrected chi connectivity index (χ3v) is 4.67. The highest BCUT2D eigenvalue weighted by atomic mass is 32.2. The summed E-state index contributed by atoms with van der Waals surface area (Å²) in [6.45, 7) is 5.09. The van der Waals surface area contributed by atoms with Crippen LogP contribution in [0.25, 0.3) is 0 Å². The van der Waals surface area contributed by atoms with Gasteiger partial charge in [0, 0.05) is 38.9 Å². The quantitative estimate of drug-likeness (QED) is 0.812. The largest absolute Gasteiger partial charge is 0.384 e. The van der Waals surface area contributed by atoms with Gasteiger partial charge in [-0.1, -0.05) is 0 Å². The van der Waals surface area contributed by atoms with Crippen molar-refractivity contribution < 1.29 is 8.42 Å². The highest BCUT2D eigenvalue weighted by Gasteiger charge is 2.26. The van der Waals surface area contributed by atoms with Crippen LogP contribution in [-0.2, 0) is 10.0 Å². The summed E-state index contributed by atoms with van der Waals surface area (Å²) < 4.78 is 26.2. The number of anilines is 1. The van der Waals surface area contributed by atoms with Crippen LogP contribution in [0.3, 0.4) is 0 Å². The van der Waals surface area contributed by atoms with E-state index >= 15 is 0 Å². The van der Waals surface area contributed by atoms with E-state index in [9.17, 15) is 8.42 Å². The van der Waals surface area contributed by atoms with Gasteiger partial charge in [0.25, 0.3) is 0 Å². The lowest BCUT2D eigenvalue weighted by Crippen LogP contribution is -2.46. The van der Waals surface area contributed by atoms with Gasteiger partial charge in [-0.05, 0) is 13.0 Å². The number of sulfonamides is 1. The predicted molar refractivity (Wildman–Crippen MR) is 70.0 cm³/mol. The van der Waals surface area contributed by atoms with Crippen LogP contribution >= 0.6 is 0 Å². The maximum atomic E-state index is 12.4. The Hall–Kier alpha value is -1.18. The summed E-state index contributed by atoms with van der Waals surface area (Å²) in [4.78, 5) is 4.23. The summed E-state index contributed by atoms with van der Waals surface area (Å²) >= 11 is 0. The molecule has 1 aliphatic rings. The van der Waals surface area contributed by atoms with E-state index in [1.165, 1.54) is 10.5 Å². The third kappa shape index (κ3) is 2.80. The number of nitrogens with one attached hydrogen (secondary N) is 2. The topological polar surface area (TPSA) is 74.3 Å². The molecule has 0 aromatic carbocycles. The number of aromatic nitrogens is 1. The first-order valence-electron chi connectivity index (χ1n) is 6.04. The van der Waals surface area contributed by atoms with Crippen molar-refractivity contribution in [2.24, 2.45) is 0 Å². The van der Waals surface area contributed by atoms with Crippen LogP contribution in [-0.4, -0.2) is 50.4 Å². The molecule has 1 aromatic rings. The average Bonchev–Trinajstić information content (AvgIpc) is 2.40. The molecule has 0 spiro atoms. The Balaban J connectivity index is 2.25. The van der Waals surface area contributed by atoms with E-state index in [-0.39, 0.29) is 4.90 Å². The summed E-state index contributed by atoms with van der Waals surface area (Å²) in [6, 6.07) is 1.63. The van der Waals surface area contributed by atoms with Crippen LogP contribution < -0.4 is 10.6 Å². The smallest absolute Gasteiger partial charge is 0.244 e. The van der Waals surface area contributed by atoms with Gasteiger partial charge in [0.05, 0.1) is 11.9 Å². The molecule has 0 aliphatic carbocycles. The lowest BCUT2D eigenvalue weighted by molar-refractivity contribution is 0.360. The average molecular weight is 270 g/mol. The van der Waals surface area contributed by atoms with Gasteiger partial charge in [-0.2, -0.15) is 4.31 Å². The minimum atomic E-state index is -3.41. The lowest BCUT2D eigenvalue weighted by Gasteiger charge is -2.26. The van der Waals surface area contributed by atoms with Crippen molar-refractivity contribution in [2.75, 3.05) is 38.0 Å². The van der Waals surface area contributed by atoms with Crippen LogP contribution in [0.15, 0.2) is 23.4 Å². The predicted octanol–water partition coefficient (Wildman–Crippen LogP) is 0.107. The van der Waals surface area contributed by atoms with Crippen molar-refractivity contribution in [3.63, 3.8) is 0 Å². The van der Waals surface area contributed by atoms with Gasteiger partial charge < -0.3 is 10.6 Å². The molecule has 100 valence electrons. The molecule has 2 N–H and O–H groups in total. The molecule has 2 heterocycles. The van der Waals surface area contributed by atoms with Gasteiger partial charge in [-0.25, -0.2) is 8.42 Å². The van der Waals surface area contributed by atoms with Gasteiger partial charge in [0.1, 0.15) is 4.90 Å². The third-order valence-electron chi connectivity index (χ3n) is 2.81. The summed E-state index contributed by atoms with van der Waals surface area (Å²) in [7, 11) is -3.41. The Morgan fingerprint density at radius 3 is 2.78 bits per heavy atom. The van der Waals surface area contributed by atoms with Crippen molar-refractivity contribution in [3.05, 3.63) is 18.5 Å². The number of hydrogen-bond donors (Lipinski definition) is 2. The van der Waals surface area contributed by atoms with Crippen molar-refractivity contribution in [3.8, 4) is 0 Å². The van der Waals surface area contributed by atoms with Crippen molar-refractivity contribution in [1.82, 2.24) is 14.6 Å². The summed E-state index contributed by atoms with van der Waals surface area (Å²) in [5, 5.41) is 6.20. The SMILES string of the molecule is CCNc1cncc(S(=O)(=O)N2CCNCC2)c1. The highest BCUT2D eigenvalue weighted by molar-refractivity contribution is 7.89. The molecule has 0 amide bonds. The Morgan fingerprint density at radius 2 is 2.11 bits per heavy atom. The van der Waals surface area contributed by atoms with Crippen LogP contribution in [0, 0.1) is 0 Å². The Morgan fingerprint density at radius 1 is 1.39 bits per heavy atom. The fraction of sp³-hybridized carbons (Fsp3) is 0.545. The first-order chi connectivity index (χ1) is 8.64. The molecule has 1 aromatic heterocycles. The first-order valence-corrected chi connectivity index (χ1v) is 7.48. The van der Waals surface area contributed by atoms with Crippen LogP contribution in [0.1, 0.15) is 6.92 Å². The van der Waals surface area contributed by atoms with Gasteiger partial charge in [-0.15, -0.1) is 0 Å². The van der Waals surface area contributed by atoms with E-state index in [4.69, 9.17) is 0 Å². The second-order valence-corrected chi connectivity index (χ2v) is 6.03. The molecule has 2 rings (SSSR count). The number of pyridine rings is 1. The fourth-order valence-electron chi connectivity index (χ4n) is 1.89. The molecule has 0 unspecified atom stereocenters. The Bertz CT molecular complexity index is 498. The fourth-order valence-corrected chi connectivity index (χ4v) is 3.33. The van der Waals surface area contributed by atoms with Gasteiger partial charge >= 0.3 is 0 Å². The van der Waals surface area contributed by atoms with Crippen molar-refractivity contribution in [2.45, 2.75) is 11.8 Å². The zero-order chi connectivity index (χ0) is 13.0. The first kappa shape index (κ1) is 13.3. The number of piperazine rings is 1. The number of nitrogens with zero attached hydrogens (tertiary/aromatic N) is 2. The normalized spacial score (nSPS) is 17.6. The molecular formula is C11H18N4O2S. The number of rotatable bonds is 4. The zero-order valence-electron chi connectivity index (χ0n) is 10.4. The van der Waals surface area contributed by atoms with Crippen molar-refractivity contribution in [1.29, 1.82) is 0 Å². The van der Waals surface area contributed by atoms with E-state index < -0.39 is 10.0 Å². The van der Waals surface area contributed by atoms with Gasteiger partial charge in [0.2, 0.25) is 10.0 Å². The second kappa shape index (κ2) is 5.64. The van der Waals surface area contributed by atoms with E-state index in [0.29, 0.717) is 26.2 Å². The molecule has 18 heavy (non-hydrogen) atoms. The second-order valence-electron chi connectivity index (χ2n) is 4.09. The standard InChI is InChI=1S/C11H18N4O2S/c1-2-14-10-7-11(9-13-8-10)18(16,17)15-5-3-12-4-6-15/h7-9,12,14H,2-6H2,1H3. The van der Waals surface area contributed by atoms with E-state index in [0.717, 1.165) is 12.2 Å². The molecule has 0 radical (unpaired) electrons. The van der Waals surface area contributed by atoms with Crippen LogP contribution in [0.4, 0.5) is 5.69 Å². The monoisotopic (exact) mass is 270 g/mol. The van der Waals surface area contributed by atoms with Crippen molar-refractivity contribution >= 4 is 15.7 Å². The Kier molecular flexibility index (Phi) is 4.15. The Labute approximate surface area is 107 Å². The molecule has 0 saturated carbocycles. The molecule has 0 atom stereocenters. The van der Waals surface area contributed by atoms with E-state index in [1.807, 2.05) is 6.92 Å². The molecular weight excluding hydrogens is 252 g/mol. The molecule has 7 heteroatoms. The number of hydrogen-bond acceptors (Lipinski definition) is 5. The molecule has 0 bridgehead atoms. The molecule has 1 aliphatic heterocycles. The van der Waals surface area contributed by atoms with E-state index in [2.05, 4.69) is 15.6 Å². The molecule has 1 saturated heterocycles. The van der Waals surface area contributed by atoms with Crippen LogP contribution in [0.5, 0.6) is 0 Å².